The van der Waals surface area contributed by atoms with Gasteiger partial charge in [-0.25, -0.2) is 37.3 Å². The first-order valence-electron chi connectivity index (χ1n) is 17.5. The van der Waals surface area contributed by atoms with Crippen LogP contribution in [0.3, 0.4) is 0 Å². The highest BCUT2D eigenvalue weighted by Gasteiger charge is 2.14. The van der Waals surface area contributed by atoms with Gasteiger partial charge in [0, 0.05) is 26.2 Å². The number of rotatable bonds is 21. The van der Waals surface area contributed by atoms with Gasteiger partial charge in [-0.15, -0.1) is 20.5 Å². The number of anilines is 3. The Morgan fingerprint density at radius 3 is 1.29 bits per heavy atom. The zero-order chi connectivity index (χ0) is 41.3. The van der Waals surface area contributed by atoms with Crippen LogP contribution in [0, 0.1) is 20.5 Å². The average Bonchev–Trinajstić information content (AvgIpc) is 3.09. The predicted octanol–water partition coefficient (Wildman–Crippen LogP) is -8.74. The van der Waals surface area contributed by atoms with Gasteiger partial charge in [0.15, 0.2) is 0 Å². The topological polar surface area (TPSA) is 382 Å². The van der Waals surface area contributed by atoms with Crippen molar-refractivity contribution >= 4 is 29.8 Å². The van der Waals surface area contributed by atoms with E-state index in [1.807, 2.05) is 24.3 Å². The van der Waals surface area contributed by atoms with Crippen molar-refractivity contribution in [2.24, 2.45) is 22.9 Å². The van der Waals surface area contributed by atoms with Gasteiger partial charge in [-0.2, -0.15) is 15.0 Å². The summed E-state index contributed by atoms with van der Waals surface area (Å²) in [5.74, 6) is 2.16. The van der Waals surface area contributed by atoms with E-state index in [2.05, 4.69) is 63.6 Å². The molecule has 0 saturated carbocycles. The first kappa shape index (κ1) is 48.7. The summed E-state index contributed by atoms with van der Waals surface area (Å²) in [6.45, 7) is 8.54. The number of nitrogens with two attached hydrogens (primary N) is 4. The zero-order valence-electron chi connectivity index (χ0n) is 31.1. The van der Waals surface area contributed by atoms with Gasteiger partial charge in [0.25, 0.3) is 0 Å². The summed E-state index contributed by atoms with van der Waals surface area (Å²) >= 11 is 0. The van der Waals surface area contributed by atoms with E-state index in [0.29, 0.717) is 44.0 Å². The Morgan fingerprint density at radius 2 is 0.945 bits per heavy atom. The lowest BCUT2D eigenvalue weighted by Gasteiger charge is -2.24. The van der Waals surface area contributed by atoms with Crippen LogP contribution in [0.2, 0.25) is 0 Å². The molecule has 0 aliphatic rings. The first-order valence-corrected chi connectivity index (χ1v) is 19.9. The molecule has 12 N–H and O–H groups in total. The number of aromatic nitrogens is 3. The van der Waals surface area contributed by atoms with Crippen molar-refractivity contribution in [3.63, 3.8) is 0 Å². The van der Waals surface area contributed by atoms with E-state index in [1.165, 1.54) is 38.5 Å². The summed E-state index contributed by atoms with van der Waals surface area (Å²) in [7, 11) is -9.89. The SMILES string of the molecule is CCCCCCN(CCCCCC)c1nc(NCc2cccc(C[NH+]=C(N)N)c2)nc(NCc2cccc(C[NH+]=C(N)N)c2)n1.[O-][Cl+3]([O-])([O-])[O-].[O-][Cl+3]([O-])([O-])[O-]. The summed E-state index contributed by atoms with van der Waals surface area (Å²) in [6.07, 6.45) is 9.47. The van der Waals surface area contributed by atoms with Crippen LogP contribution in [0.1, 0.15) is 87.5 Å². The Labute approximate surface area is 325 Å². The van der Waals surface area contributed by atoms with Crippen LogP contribution in [-0.2, 0) is 26.2 Å². The summed E-state index contributed by atoms with van der Waals surface area (Å²) in [4.78, 5) is 22.8. The van der Waals surface area contributed by atoms with Crippen molar-refractivity contribution in [2.75, 3.05) is 28.6 Å². The molecule has 0 aliphatic heterocycles. The highest BCUT2D eigenvalue weighted by Crippen LogP contribution is 2.18. The Morgan fingerprint density at radius 1 is 0.582 bits per heavy atom. The summed E-state index contributed by atoms with van der Waals surface area (Å²) < 4.78 is 67.9. The van der Waals surface area contributed by atoms with E-state index >= 15 is 0 Å². The van der Waals surface area contributed by atoms with Crippen LogP contribution in [0.5, 0.6) is 0 Å². The third-order valence-electron chi connectivity index (χ3n) is 7.35. The van der Waals surface area contributed by atoms with Gasteiger partial charge < -0.3 is 15.5 Å². The molecule has 55 heavy (non-hydrogen) atoms. The molecule has 1 aromatic heterocycles. The molecule has 0 unspecified atom stereocenters. The number of benzene rings is 2. The summed E-state index contributed by atoms with van der Waals surface area (Å²) in [6, 6.07) is 16.5. The van der Waals surface area contributed by atoms with Crippen LogP contribution in [0.4, 0.5) is 17.8 Å². The van der Waals surface area contributed by atoms with Gasteiger partial charge in [-0.1, -0.05) is 101 Å². The van der Waals surface area contributed by atoms with E-state index in [4.69, 9.17) is 75.2 Å². The van der Waals surface area contributed by atoms with Crippen molar-refractivity contribution in [3.8, 4) is 0 Å². The number of halogens is 2. The Kier molecular flexibility index (Phi) is 23.4. The average molecular weight is 818 g/mol. The molecule has 3 aromatic rings. The normalized spacial score (nSPS) is 10.9. The fourth-order valence-corrected chi connectivity index (χ4v) is 4.90. The Bertz CT molecular complexity index is 1450. The lowest BCUT2D eigenvalue weighted by Crippen LogP contribution is -2.76. The van der Waals surface area contributed by atoms with E-state index in [0.717, 1.165) is 48.2 Å². The molecule has 0 radical (unpaired) electrons. The second-order valence-corrected chi connectivity index (χ2v) is 13.6. The number of nitrogens with zero attached hydrogens (tertiary/aromatic N) is 4. The van der Waals surface area contributed by atoms with Crippen molar-refractivity contribution in [2.45, 2.75) is 91.4 Å². The van der Waals surface area contributed by atoms with E-state index in [-0.39, 0.29) is 11.9 Å². The lowest BCUT2D eigenvalue weighted by atomic mass is 10.1. The molecule has 22 heteroatoms. The second-order valence-electron chi connectivity index (χ2n) is 12.1. The highest BCUT2D eigenvalue weighted by molar-refractivity contribution is 5.69. The molecule has 0 saturated heterocycles. The van der Waals surface area contributed by atoms with Gasteiger partial charge in [-0.05, 0) is 35.1 Å². The number of unbranched alkanes of at least 4 members (excludes halogenated alkanes) is 6. The largest absolute Gasteiger partial charge is 0.350 e. The molecule has 1 heterocycles. The number of hydrogen-bond acceptors (Lipinski definition) is 14. The van der Waals surface area contributed by atoms with Gasteiger partial charge in [0.2, 0.25) is 17.8 Å². The lowest BCUT2D eigenvalue weighted by molar-refractivity contribution is -2.00. The van der Waals surface area contributed by atoms with Gasteiger partial charge >= 0.3 is 11.9 Å². The number of guanidine groups is 2. The third-order valence-corrected chi connectivity index (χ3v) is 7.35. The van der Waals surface area contributed by atoms with E-state index < -0.39 is 20.5 Å². The molecule has 3 rings (SSSR count). The van der Waals surface area contributed by atoms with Crippen molar-refractivity contribution < 1.29 is 67.7 Å². The summed E-state index contributed by atoms with van der Waals surface area (Å²) in [5, 5.41) is 6.88. The molecule has 0 fully saturated rings. The standard InChI is InChI=1S/C33H52N12.2ClHO4/c1-3-5-7-9-17-45(18-10-8-6-4-2)33-43-31(40-23-27-15-11-13-25(19-27)21-38-29(34)35)42-32(44-33)41-24-28-16-12-14-26(20-28)22-39-30(36)37;2*2-1(3,4)5/h11-16,19-20H,3-10,17-18,21-24H2,1-2H3,(H4,34,35,38)(H4,36,37,39)(H2,40,41,42,43,44);2*(H,2,3,4,5). The minimum Gasteiger partial charge on any atom is -0.350 e. The van der Waals surface area contributed by atoms with Crippen molar-refractivity contribution in [1.82, 2.24) is 15.0 Å². The van der Waals surface area contributed by atoms with Gasteiger partial charge in [-0.3, -0.25) is 32.9 Å². The molecular formula is C33H54Cl2N12O8. The fraction of sp³-hybridized carbons (Fsp3) is 0.485. The smallest absolute Gasteiger partial charge is 0.339 e. The highest BCUT2D eigenvalue weighted by atomic mass is 35.7. The molecule has 20 nitrogen and oxygen atoms in total. The fourth-order valence-electron chi connectivity index (χ4n) is 4.90. The minimum absolute atomic E-state index is 0.201. The van der Waals surface area contributed by atoms with Crippen LogP contribution < -0.4 is 85.7 Å². The monoisotopic (exact) mass is 816 g/mol. The maximum absolute atomic E-state index is 8.49. The van der Waals surface area contributed by atoms with Gasteiger partial charge in [0.1, 0.15) is 0 Å². The predicted molar refractivity (Wildman–Crippen MR) is 184 cm³/mol. The Hall–Kier alpha value is -4.35. The quantitative estimate of drug-likeness (QED) is 0.0281. The molecule has 308 valence electrons. The van der Waals surface area contributed by atoms with Gasteiger partial charge in [0.05, 0.1) is 13.1 Å². The zero-order valence-corrected chi connectivity index (χ0v) is 32.7. The van der Waals surface area contributed by atoms with Crippen LogP contribution in [-0.4, -0.2) is 40.0 Å². The molecule has 2 aromatic carbocycles. The van der Waals surface area contributed by atoms with Crippen LogP contribution in [0.15, 0.2) is 48.5 Å². The molecule has 0 aliphatic carbocycles. The van der Waals surface area contributed by atoms with Crippen LogP contribution >= 0.6 is 0 Å². The second kappa shape index (κ2) is 26.5. The third kappa shape index (κ3) is 27.8. The number of hydrogen-bond donors (Lipinski definition) is 8. The number of nitrogens with one attached hydrogen (secondary N) is 4. The maximum Gasteiger partial charge on any atom is 0.339 e. The van der Waals surface area contributed by atoms with E-state index in [1.54, 1.807) is 0 Å². The van der Waals surface area contributed by atoms with Crippen molar-refractivity contribution in [1.29, 1.82) is 0 Å². The van der Waals surface area contributed by atoms with Crippen molar-refractivity contribution in [3.05, 3.63) is 70.8 Å². The Balaban J connectivity index is 0.00000134. The molecule has 0 bridgehead atoms. The summed E-state index contributed by atoms with van der Waals surface area (Å²) in [5.41, 5.74) is 26.7. The molecular weight excluding hydrogens is 763 g/mol. The minimum atomic E-state index is -4.94. The molecule has 0 atom stereocenters. The maximum atomic E-state index is 8.49. The van der Waals surface area contributed by atoms with Crippen LogP contribution in [0.25, 0.3) is 0 Å². The first-order chi connectivity index (χ1) is 25.9. The molecule has 0 spiro atoms. The van der Waals surface area contributed by atoms with E-state index in [9.17, 15) is 0 Å². The molecule has 0 amide bonds.